The lowest BCUT2D eigenvalue weighted by atomic mass is 10.0. The number of benzene rings is 1. The molecule has 1 aromatic carbocycles. The Morgan fingerprint density at radius 3 is 2.14 bits per heavy atom. The maximum Gasteiger partial charge on any atom is 0.149 e. The van der Waals surface area contributed by atoms with Crippen LogP contribution in [-0.4, -0.2) is 15.2 Å². The van der Waals surface area contributed by atoms with Crippen molar-refractivity contribution in [1.82, 2.24) is 15.2 Å². The lowest BCUT2D eigenvalue weighted by Crippen LogP contribution is -1.97. The summed E-state index contributed by atoms with van der Waals surface area (Å²) < 4.78 is 42.0. The summed E-state index contributed by atoms with van der Waals surface area (Å²) in [7, 11) is 0. The van der Waals surface area contributed by atoms with Crippen molar-refractivity contribution in [3.63, 3.8) is 0 Å². The van der Waals surface area contributed by atoms with Crippen LogP contribution in [0.3, 0.4) is 0 Å². The van der Waals surface area contributed by atoms with Gasteiger partial charge >= 0.3 is 0 Å². The van der Waals surface area contributed by atoms with Crippen LogP contribution in [0.2, 0.25) is 0 Å². The maximum absolute atomic E-state index is 14.2. The third-order valence-corrected chi connectivity index (χ3v) is 2.95. The van der Waals surface area contributed by atoms with E-state index in [9.17, 15) is 13.2 Å². The normalized spacial score (nSPS) is 10.6. The molecule has 0 aliphatic heterocycles. The Balaban J connectivity index is 2.16. The van der Waals surface area contributed by atoms with E-state index in [0.717, 1.165) is 18.2 Å². The topological polar surface area (TPSA) is 38.7 Å². The van der Waals surface area contributed by atoms with Crippen molar-refractivity contribution >= 4 is 0 Å². The van der Waals surface area contributed by atoms with Crippen molar-refractivity contribution < 1.29 is 13.2 Å². The molecule has 2 aromatic heterocycles. The SMILES string of the molecule is Fc1cccnc1-c1c(F)cc(-c2ccnnc2)cc1F. The van der Waals surface area contributed by atoms with Crippen LogP contribution in [0.15, 0.2) is 48.9 Å². The van der Waals surface area contributed by atoms with E-state index in [4.69, 9.17) is 0 Å². The molecule has 3 rings (SSSR count). The van der Waals surface area contributed by atoms with E-state index in [1.54, 1.807) is 6.07 Å². The minimum atomic E-state index is -0.889. The van der Waals surface area contributed by atoms with Crippen LogP contribution in [-0.2, 0) is 0 Å². The highest BCUT2D eigenvalue weighted by molar-refractivity contribution is 5.69. The van der Waals surface area contributed by atoms with Gasteiger partial charge in [-0.15, -0.1) is 0 Å². The highest BCUT2D eigenvalue weighted by Gasteiger charge is 2.18. The summed E-state index contributed by atoms with van der Waals surface area (Å²) in [6.07, 6.45) is 4.07. The van der Waals surface area contributed by atoms with Gasteiger partial charge in [0.15, 0.2) is 0 Å². The third kappa shape index (κ3) is 2.47. The van der Waals surface area contributed by atoms with Crippen LogP contribution in [0, 0.1) is 17.5 Å². The molecule has 0 bridgehead atoms. The van der Waals surface area contributed by atoms with Crippen LogP contribution in [0.1, 0.15) is 0 Å². The minimum absolute atomic E-state index is 0.292. The van der Waals surface area contributed by atoms with Crippen molar-refractivity contribution in [2.45, 2.75) is 0 Å². The zero-order chi connectivity index (χ0) is 14.8. The molecule has 0 saturated carbocycles. The summed E-state index contributed by atoms with van der Waals surface area (Å²) >= 11 is 0. The Bertz CT molecular complexity index is 768. The first kappa shape index (κ1) is 13.2. The van der Waals surface area contributed by atoms with E-state index in [1.165, 1.54) is 24.7 Å². The molecule has 0 amide bonds. The van der Waals surface area contributed by atoms with E-state index < -0.39 is 23.0 Å². The van der Waals surface area contributed by atoms with Crippen molar-refractivity contribution in [2.75, 3.05) is 0 Å². The summed E-state index contributed by atoms with van der Waals surface area (Å²) in [6.45, 7) is 0. The maximum atomic E-state index is 14.2. The van der Waals surface area contributed by atoms with Gasteiger partial charge < -0.3 is 0 Å². The zero-order valence-electron chi connectivity index (χ0n) is 10.6. The molecule has 0 atom stereocenters. The molecule has 0 spiro atoms. The van der Waals surface area contributed by atoms with E-state index in [1.807, 2.05) is 0 Å². The highest BCUT2D eigenvalue weighted by Crippen LogP contribution is 2.30. The Kier molecular flexibility index (Phi) is 3.35. The predicted octanol–water partition coefficient (Wildman–Crippen LogP) is 3.62. The standard InChI is InChI=1S/C15H8F3N3/c16-11-2-1-4-19-15(11)14-12(17)6-10(7-13(14)18)9-3-5-20-21-8-9/h1-8H. The molecular formula is C15H8F3N3. The van der Waals surface area contributed by atoms with Crippen LogP contribution in [0.5, 0.6) is 0 Å². The molecule has 0 radical (unpaired) electrons. The number of halogens is 3. The molecule has 0 fully saturated rings. The first-order valence-corrected chi connectivity index (χ1v) is 6.04. The number of rotatable bonds is 2. The fourth-order valence-corrected chi connectivity index (χ4v) is 2.00. The van der Waals surface area contributed by atoms with Gasteiger partial charge in [-0.25, -0.2) is 13.2 Å². The van der Waals surface area contributed by atoms with Crippen LogP contribution >= 0.6 is 0 Å². The number of pyridine rings is 1. The number of hydrogen-bond acceptors (Lipinski definition) is 3. The van der Waals surface area contributed by atoms with Crippen LogP contribution < -0.4 is 0 Å². The first-order valence-electron chi connectivity index (χ1n) is 6.04. The fraction of sp³-hybridized carbons (Fsp3) is 0. The van der Waals surface area contributed by atoms with E-state index >= 15 is 0 Å². The molecule has 6 heteroatoms. The lowest BCUT2D eigenvalue weighted by molar-refractivity contribution is 0.579. The second-order valence-corrected chi connectivity index (χ2v) is 4.28. The molecule has 0 unspecified atom stereocenters. The van der Waals surface area contributed by atoms with E-state index in [-0.39, 0.29) is 5.69 Å². The van der Waals surface area contributed by atoms with Crippen molar-refractivity contribution in [3.05, 3.63) is 66.4 Å². The molecule has 3 nitrogen and oxygen atoms in total. The number of hydrogen-bond donors (Lipinski definition) is 0. The fourth-order valence-electron chi connectivity index (χ4n) is 2.00. The Morgan fingerprint density at radius 2 is 1.52 bits per heavy atom. The van der Waals surface area contributed by atoms with Gasteiger partial charge in [0, 0.05) is 11.8 Å². The van der Waals surface area contributed by atoms with Crippen molar-refractivity contribution in [1.29, 1.82) is 0 Å². The van der Waals surface area contributed by atoms with Crippen molar-refractivity contribution in [2.24, 2.45) is 0 Å². The third-order valence-electron chi connectivity index (χ3n) is 2.95. The number of nitrogens with zero attached hydrogens (tertiary/aromatic N) is 3. The van der Waals surface area contributed by atoms with Gasteiger partial charge in [0.2, 0.25) is 0 Å². The molecule has 2 heterocycles. The van der Waals surface area contributed by atoms with Crippen LogP contribution in [0.4, 0.5) is 13.2 Å². The van der Waals surface area contributed by atoms with Gasteiger partial charge in [0.1, 0.15) is 23.1 Å². The second-order valence-electron chi connectivity index (χ2n) is 4.28. The summed E-state index contributed by atoms with van der Waals surface area (Å²) in [4.78, 5) is 3.70. The van der Waals surface area contributed by atoms with Gasteiger partial charge in [-0.3, -0.25) is 4.98 Å². The zero-order valence-corrected chi connectivity index (χ0v) is 10.6. The smallest absolute Gasteiger partial charge is 0.149 e. The van der Waals surface area contributed by atoms with Crippen molar-refractivity contribution in [3.8, 4) is 22.4 Å². The average Bonchev–Trinajstić information content (AvgIpc) is 2.49. The summed E-state index contributed by atoms with van der Waals surface area (Å²) in [5.41, 5.74) is -0.0402. The Hall–Kier alpha value is -2.76. The quantitative estimate of drug-likeness (QED) is 0.722. The largest absolute Gasteiger partial charge is 0.253 e. The summed E-state index contributed by atoms with van der Waals surface area (Å²) in [6, 6.07) is 6.25. The molecular weight excluding hydrogens is 279 g/mol. The highest BCUT2D eigenvalue weighted by atomic mass is 19.1. The minimum Gasteiger partial charge on any atom is -0.253 e. The molecule has 0 N–H and O–H groups in total. The molecule has 3 aromatic rings. The van der Waals surface area contributed by atoms with E-state index in [0.29, 0.717) is 11.1 Å². The monoisotopic (exact) mass is 287 g/mol. The molecule has 21 heavy (non-hydrogen) atoms. The second kappa shape index (κ2) is 5.32. The average molecular weight is 287 g/mol. The summed E-state index contributed by atoms with van der Waals surface area (Å²) in [5, 5.41) is 7.24. The van der Waals surface area contributed by atoms with Gasteiger partial charge in [-0.2, -0.15) is 10.2 Å². The number of aromatic nitrogens is 3. The lowest BCUT2D eigenvalue weighted by Gasteiger charge is -2.08. The predicted molar refractivity (Wildman–Crippen MR) is 70.6 cm³/mol. The molecule has 0 aliphatic rings. The van der Waals surface area contributed by atoms with Gasteiger partial charge in [0.25, 0.3) is 0 Å². The summed E-state index contributed by atoms with van der Waals surface area (Å²) in [5.74, 6) is -2.56. The van der Waals surface area contributed by atoms with Gasteiger partial charge in [0.05, 0.1) is 18.0 Å². The van der Waals surface area contributed by atoms with Crippen LogP contribution in [0.25, 0.3) is 22.4 Å². The Morgan fingerprint density at radius 1 is 0.762 bits per heavy atom. The Labute approximate surface area is 118 Å². The van der Waals surface area contributed by atoms with Gasteiger partial charge in [-0.1, -0.05) is 0 Å². The first-order chi connectivity index (χ1) is 10.2. The molecule has 0 aliphatic carbocycles. The molecule has 0 saturated heterocycles. The van der Waals surface area contributed by atoms with Gasteiger partial charge in [-0.05, 0) is 35.9 Å². The molecule has 104 valence electrons. The van der Waals surface area contributed by atoms with E-state index in [2.05, 4.69) is 15.2 Å².